The van der Waals surface area contributed by atoms with Crippen molar-refractivity contribution < 1.29 is 24.2 Å². The van der Waals surface area contributed by atoms with E-state index in [1.165, 1.54) is 4.90 Å². The molecule has 1 fully saturated rings. The molecule has 1 saturated heterocycles. The van der Waals surface area contributed by atoms with E-state index in [2.05, 4.69) is 0 Å². The van der Waals surface area contributed by atoms with E-state index < -0.39 is 24.9 Å². The van der Waals surface area contributed by atoms with Crippen molar-refractivity contribution in [1.29, 1.82) is 0 Å². The molecular weight excluding hydrogens is 509 g/mol. The van der Waals surface area contributed by atoms with Crippen LogP contribution in [0.3, 0.4) is 0 Å². The molecule has 0 saturated carbocycles. The number of benzene rings is 4. The van der Waals surface area contributed by atoms with Gasteiger partial charge < -0.3 is 14.7 Å². The fourth-order valence-corrected chi connectivity index (χ4v) is 9.51. The van der Waals surface area contributed by atoms with Crippen molar-refractivity contribution in [3.05, 3.63) is 127 Å². The second kappa shape index (κ2) is 11.5. The van der Waals surface area contributed by atoms with Crippen LogP contribution in [0.4, 0.5) is 0 Å². The molecule has 0 aromatic heterocycles. The Hall–Kier alpha value is -4.41. The summed E-state index contributed by atoms with van der Waals surface area (Å²) in [5.41, 5.74) is 1.01. The molecule has 39 heavy (non-hydrogen) atoms. The van der Waals surface area contributed by atoms with Crippen molar-refractivity contribution in [3.8, 4) is 0 Å². The van der Waals surface area contributed by atoms with E-state index in [0.29, 0.717) is 0 Å². The summed E-state index contributed by atoms with van der Waals surface area (Å²) in [6.45, 7) is -3.01. The van der Waals surface area contributed by atoms with E-state index in [0.717, 1.165) is 21.5 Å². The number of nitrogens with zero attached hydrogens (tertiary/aromatic N) is 1. The Morgan fingerprint density at radius 3 is 1.59 bits per heavy atom. The number of β-lactam (4-membered cyclic amide) rings is 1. The lowest BCUT2D eigenvalue weighted by molar-refractivity contribution is -0.148. The minimum atomic E-state index is -3.03. The number of ether oxygens (including phenoxy) is 1. The molecule has 1 N–H and O–H groups in total. The van der Waals surface area contributed by atoms with Gasteiger partial charge >= 0.3 is 11.9 Å². The monoisotopic (exact) mass is 537 g/mol. The second-order valence-electron chi connectivity index (χ2n) is 9.28. The Bertz CT molecular complexity index is 1420. The predicted octanol–water partition coefficient (Wildman–Crippen LogP) is 3.93. The van der Waals surface area contributed by atoms with Crippen molar-refractivity contribution >= 4 is 46.1 Å². The quantitative estimate of drug-likeness (QED) is 0.199. The number of carboxylic acids is 1. The number of carboxylic acid groups (broad SMARTS) is 1. The molecule has 0 bridgehead atoms. The number of carbonyl (C=O) groups is 3. The van der Waals surface area contributed by atoms with E-state index >= 15 is 0 Å². The molecule has 1 atom stereocenters. The minimum absolute atomic E-state index is 0.0210. The van der Waals surface area contributed by atoms with Crippen LogP contribution in [0, 0.1) is 0 Å². The van der Waals surface area contributed by atoms with Crippen LogP contribution in [0.15, 0.2) is 121 Å². The highest BCUT2D eigenvalue weighted by Gasteiger charge is 2.47. The van der Waals surface area contributed by atoms with Crippen LogP contribution in [0.1, 0.15) is 18.4 Å². The smallest absolute Gasteiger partial charge is 0.356 e. The molecule has 0 aliphatic carbocycles. The molecule has 6 nitrogen and oxygen atoms in total. The van der Waals surface area contributed by atoms with Crippen molar-refractivity contribution in [1.82, 2.24) is 4.90 Å². The average molecular weight is 538 g/mol. The summed E-state index contributed by atoms with van der Waals surface area (Å²) in [5.74, 6) is -1.95. The summed E-state index contributed by atoms with van der Waals surface area (Å²) >= 11 is 0. The fraction of sp³-hybridized carbons (Fsp3) is 0.125. The van der Waals surface area contributed by atoms with Crippen molar-refractivity contribution in [3.63, 3.8) is 0 Å². The number of hydrogen-bond donors (Lipinski definition) is 1. The molecular formula is C32H28NO5P. The van der Waals surface area contributed by atoms with Gasteiger partial charge in [0.15, 0.2) is 0 Å². The Morgan fingerprint density at radius 1 is 0.744 bits per heavy atom. The number of hydrogen-bond acceptors (Lipinski definition) is 4. The first-order valence-electron chi connectivity index (χ1n) is 12.7. The molecule has 1 unspecified atom stereocenters. The van der Waals surface area contributed by atoms with Crippen molar-refractivity contribution in [2.75, 3.05) is 0 Å². The van der Waals surface area contributed by atoms with Gasteiger partial charge in [0.25, 0.3) is 0 Å². The normalized spacial score (nSPS) is 14.8. The molecule has 0 radical (unpaired) electrons. The second-order valence-corrected chi connectivity index (χ2v) is 12.6. The zero-order valence-corrected chi connectivity index (χ0v) is 22.1. The molecule has 4 aromatic carbocycles. The number of amides is 1. The number of esters is 1. The third-order valence-corrected chi connectivity index (χ3v) is 11.1. The topological polar surface area (TPSA) is 83.9 Å². The van der Waals surface area contributed by atoms with E-state index in [1.54, 1.807) is 0 Å². The molecule has 0 spiro atoms. The van der Waals surface area contributed by atoms with Gasteiger partial charge in [-0.05, 0) is 21.5 Å². The van der Waals surface area contributed by atoms with Gasteiger partial charge in [-0.25, -0.2) is 4.79 Å². The van der Waals surface area contributed by atoms with Crippen LogP contribution in [0.5, 0.6) is 0 Å². The largest absolute Gasteiger partial charge is 0.481 e. The summed E-state index contributed by atoms with van der Waals surface area (Å²) in [5, 5.41) is 12.2. The number of aliphatic carboxylic acids is 1. The summed E-state index contributed by atoms with van der Waals surface area (Å²) in [7, 11) is 0. The molecule has 1 amide bonds. The lowest BCUT2D eigenvalue weighted by Crippen LogP contribution is -2.60. The van der Waals surface area contributed by atoms with Crippen LogP contribution in [0.2, 0.25) is 0 Å². The van der Waals surface area contributed by atoms with Gasteiger partial charge in [0.1, 0.15) is 12.0 Å². The highest BCUT2D eigenvalue weighted by molar-refractivity contribution is 7.96. The van der Waals surface area contributed by atoms with Gasteiger partial charge in [-0.15, -0.1) is 0 Å². The highest BCUT2D eigenvalue weighted by Crippen LogP contribution is 2.48. The molecule has 1 aliphatic rings. The van der Waals surface area contributed by atoms with Gasteiger partial charge in [0.2, 0.25) is 5.91 Å². The molecule has 1 aliphatic heterocycles. The van der Waals surface area contributed by atoms with E-state index in [9.17, 15) is 19.5 Å². The summed E-state index contributed by atoms with van der Waals surface area (Å²) in [6.07, 6.45) is -0.209. The Kier molecular flexibility index (Phi) is 7.76. The Morgan fingerprint density at radius 2 is 1.18 bits per heavy atom. The first-order chi connectivity index (χ1) is 19.0. The maximum Gasteiger partial charge on any atom is 0.356 e. The van der Waals surface area contributed by atoms with E-state index in [1.807, 2.05) is 121 Å². The molecule has 4 aromatic rings. The summed E-state index contributed by atoms with van der Waals surface area (Å²) < 4.78 is 5.93. The Labute approximate surface area is 227 Å². The Balaban J connectivity index is 1.85. The van der Waals surface area contributed by atoms with E-state index in [4.69, 9.17) is 4.74 Å². The summed E-state index contributed by atoms with van der Waals surface area (Å²) in [6, 6.07) is 37.7. The summed E-state index contributed by atoms with van der Waals surface area (Å²) in [4.78, 5) is 40.8. The number of rotatable bonds is 9. The predicted molar refractivity (Wildman–Crippen MR) is 154 cm³/mol. The number of likely N-dealkylation sites (tertiary alicyclic amines) is 1. The molecule has 5 rings (SSSR count). The lowest BCUT2D eigenvalue weighted by Gasteiger charge is -2.44. The third-order valence-electron chi connectivity index (χ3n) is 6.83. The fourth-order valence-electron chi connectivity index (χ4n) is 5.09. The average Bonchev–Trinajstić information content (AvgIpc) is 2.97. The van der Waals surface area contributed by atoms with Crippen molar-refractivity contribution in [2.24, 2.45) is 0 Å². The third kappa shape index (κ3) is 5.16. The molecule has 1 heterocycles. The van der Waals surface area contributed by atoms with Crippen LogP contribution >= 0.6 is 6.89 Å². The van der Waals surface area contributed by atoms with Gasteiger partial charge in [-0.1, -0.05) is 121 Å². The molecule has 196 valence electrons. The molecule has 7 heteroatoms. The van der Waals surface area contributed by atoms with Crippen LogP contribution in [0.25, 0.3) is 0 Å². The highest BCUT2D eigenvalue weighted by atomic mass is 31.2. The van der Waals surface area contributed by atoms with Gasteiger partial charge in [0, 0.05) is 13.3 Å². The number of carbonyl (C=O) groups excluding carboxylic acids is 2. The van der Waals surface area contributed by atoms with Gasteiger partial charge in [0.05, 0.1) is 12.5 Å². The first-order valence-corrected chi connectivity index (χ1v) is 14.5. The van der Waals surface area contributed by atoms with Gasteiger partial charge in [-0.2, -0.15) is 0 Å². The van der Waals surface area contributed by atoms with E-state index in [-0.39, 0.29) is 30.8 Å². The van der Waals surface area contributed by atoms with Crippen LogP contribution in [-0.4, -0.2) is 39.3 Å². The van der Waals surface area contributed by atoms with Crippen LogP contribution in [-0.2, 0) is 25.7 Å². The standard InChI is InChI=1S/C32H28NO5P/c34-29-21-25(22-30(35)36)33(29)31(32(37)38-23-24-13-5-1-6-14-24)39(26-15-7-2-8-16-26,27-17-9-3-10-18-27)28-19-11-4-12-20-28/h1-20,25H,21-23H2,(H,35,36). The van der Waals surface area contributed by atoms with Gasteiger partial charge in [-0.3, -0.25) is 9.59 Å². The zero-order chi connectivity index (χ0) is 27.2. The maximum atomic E-state index is 14.3. The lowest BCUT2D eigenvalue weighted by atomic mass is 9.99. The zero-order valence-electron chi connectivity index (χ0n) is 21.2. The SMILES string of the molecule is O=C(O)CC1CC(=O)N1C(C(=O)OCc1ccccc1)=P(c1ccccc1)(c1ccccc1)c1ccccc1. The van der Waals surface area contributed by atoms with Crippen molar-refractivity contribution in [2.45, 2.75) is 25.5 Å². The minimum Gasteiger partial charge on any atom is -0.481 e. The first kappa shape index (κ1) is 26.2. The maximum absolute atomic E-state index is 14.3. The van der Waals surface area contributed by atoms with Crippen LogP contribution < -0.4 is 15.9 Å².